The van der Waals surface area contributed by atoms with E-state index in [0.29, 0.717) is 18.4 Å². The van der Waals surface area contributed by atoms with Gasteiger partial charge in [0.05, 0.1) is 11.6 Å². The lowest BCUT2D eigenvalue weighted by molar-refractivity contribution is -0.142. The summed E-state index contributed by atoms with van der Waals surface area (Å²) in [7, 11) is 0. The fourth-order valence-corrected chi connectivity index (χ4v) is 1.69. The normalized spacial score (nSPS) is 10.6. The Hall–Kier alpha value is -2.02. The number of nitriles is 1. The van der Waals surface area contributed by atoms with Gasteiger partial charge in [0.25, 0.3) is 0 Å². The zero-order valence-electron chi connectivity index (χ0n) is 10.0. The van der Waals surface area contributed by atoms with E-state index >= 15 is 0 Å². The Balaban J connectivity index is 2.94. The van der Waals surface area contributed by atoms with Gasteiger partial charge >= 0.3 is 5.97 Å². The van der Waals surface area contributed by atoms with Crippen LogP contribution in [0.3, 0.4) is 0 Å². The minimum Gasteiger partial charge on any atom is -0.480 e. The van der Waals surface area contributed by atoms with Crippen molar-refractivity contribution in [3.05, 3.63) is 29.8 Å². The summed E-state index contributed by atoms with van der Waals surface area (Å²) >= 11 is 0. The Bertz CT molecular complexity index is 428. The molecule has 0 fully saturated rings. The molecule has 0 aliphatic carbocycles. The first-order chi connectivity index (χ1) is 8.07. The van der Waals surface area contributed by atoms with Gasteiger partial charge < -0.3 is 10.4 Å². The standard InChI is InChI=1S/C13H16N2O2/c1-3-13(4-2,12(16)17)15-11-7-5-10(9-14)6-8-11/h5-8,15H,3-4H2,1-2H3,(H,16,17). The molecule has 0 aliphatic heterocycles. The summed E-state index contributed by atoms with van der Waals surface area (Å²) in [5.74, 6) is -0.855. The van der Waals surface area contributed by atoms with Crippen molar-refractivity contribution in [1.82, 2.24) is 0 Å². The van der Waals surface area contributed by atoms with Gasteiger partial charge in [0.1, 0.15) is 5.54 Å². The van der Waals surface area contributed by atoms with Crippen molar-refractivity contribution < 1.29 is 9.90 Å². The number of carbonyl (C=O) groups is 1. The van der Waals surface area contributed by atoms with Gasteiger partial charge in [-0.1, -0.05) is 13.8 Å². The monoisotopic (exact) mass is 232 g/mol. The summed E-state index contributed by atoms with van der Waals surface area (Å²) in [6, 6.07) is 8.81. The van der Waals surface area contributed by atoms with Crippen molar-refractivity contribution in [2.24, 2.45) is 0 Å². The van der Waals surface area contributed by atoms with E-state index in [-0.39, 0.29) is 0 Å². The van der Waals surface area contributed by atoms with Gasteiger partial charge in [-0.15, -0.1) is 0 Å². The Morgan fingerprint density at radius 2 is 1.88 bits per heavy atom. The molecule has 0 spiro atoms. The maximum atomic E-state index is 11.3. The minimum absolute atomic E-state index is 0.499. The van der Waals surface area contributed by atoms with Crippen molar-refractivity contribution >= 4 is 11.7 Å². The maximum Gasteiger partial charge on any atom is 0.329 e. The van der Waals surface area contributed by atoms with Crippen LogP contribution in [-0.4, -0.2) is 16.6 Å². The topological polar surface area (TPSA) is 73.1 Å². The zero-order valence-corrected chi connectivity index (χ0v) is 10.0. The molecule has 90 valence electrons. The quantitative estimate of drug-likeness (QED) is 0.818. The van der Waals surface area contributed by atoms with Crippen LogP contribution in [0.4, 0.5) is 5.69 Å². The maximum absolute atomic E-state index is 11.3. The van der Waals surface area contributed by atoms with Gasteiger partial charge in [-0.2, -0.15) is 5.26 Å². The molecule has 0 saturated heterocycles. The molecule has 0 aliphatic rings. The highest BCUT2D eigenvalue weighted by atomic mass is 16.4. The summed E-state index contributed by atoms with van der Waals surface area (Å²) in [6.45, 7) is 3.68. The predicted octanol–water partition coefficient (Wildman–Crippen LogP) is 2.61. The molecular weight excluding hydrogens is 216 g/mol. The average Bonchev–Trinajstić information content (AvgIpc) is 2.36. The van der Waals surface area contributed by atoms with Gasteiger partial charge in [-0.3, -0.25) is 0 Å². The summed E-state index contributed by atoms with van der Waals surface area (Å²) in [6.07, 6.45) is 0.998. The van der Waals surface area contributed by atoms with E-state index in [0.717, 1.165) is 5.69 Å². The molecule has 4 heteroatoms. The molecule has 1 aromatic carbocycles. The SMILES string of the molecule is CCC(CC)(Nc1ccc(C#N)cc1)C(=O)O. The van der Waals surface area contributed by atoms with Crippen LogP contribution in [0.1, 0.15) is 32.3 Å². The highest BCUT2D eigenvalue weighted by molar-refractivity contribution is 5.82. The molecule has 1 aromatic rings. The molecule has 0 unspecified atom stereocenters. The lowest BCUT2D eigenvalue weighted by Gasteiger charge is -2.29. The smallest absolute Gasteiger partial charge is 0.329 e. The Labute approximate surface area is 101 Å². The van der Waals surface area contributed by atoms with E-state index in [2.05, 4.69) is 5.32 Å². The van der Waals surface area contributed by atoms with Crippen LogP contribution >= 0.6 is 0 Å². The number of carboxylic acid groups (broad SMARTS) is 1. The Morgan fingerprint density at radius 3 is 2.24 bits per heavy atom. The number of nitrogens with one attached hydrogen (secondary N) is 1. The van der Waals surface area contributed by atoms with Crippen molar-refractivity contribution in [3.8, 4) is 6.07 Å². The van der Waals surface area contributed by atoms with E-state index < -0.39 is 11.5 Å². The molecule has 0 bridgehead atoms. The predicted molar refractivity (Wildman–Crippen MR) is 65.7 cm³/mol. The summed E-state index contributed by atoms with van der Waals surface area (Å²) in [4.78, 5) is 11.3. The van der Waals surface area contributed by atoms with Crippen LogP contribution in [0.2, 0.25) is 0 Å². The molecule has 17 heavy (non-hydrogen) atoms. The van der Waals surface area contributed by atoms with Crippen LogP contribution in [0.5, 0.6) is 0 Å². The lowest BCUT2D eigenvalue weighted by atomic mass is 9.92. The Kier molecular flexibility index (Phi) is 4.11. The second-order valence-corrected chi connectivity index (χ2v) is 3.91. The fourth-order valence-electron chi connectivity index (χ4n) is 1.69. The van der Waals surface area contributed by atoms with Gasteiger partial charge in [-0.05, 0) is 37.1 Å². The first kappa shape index (κ1) is 13.0. The number of rotatable bonds is 5. The highest BCUT2D eigenvalue weighted by Crippen LogP contribution is 2.22. The summed E-state index contributed by atoms with van der Waals surface area (Å²) in [5.41, 5.74) is 0.341. The first-order valence-corrected chi connectivity index (χ1v) is 5.59. The van der Waals surface area contributed by atoms with Gasteiger partial charge in [-0.25, -0.2) is 4.79 Å². The van der Waals surface area contributed by atoms with Crippen molar-refractivity contribution in [2.75, 3.05) is 5.32 Å². The number of aliphatic carboxylic acids is 1. The number of nitrogens with zero attached hydrogens (tertiary/aromatic N) is 1. The van der Waals surface area contributed by atoms with Crippen LogP contribution in [0.15, 0.2) is 24.3 Å². The second kappa shape index (κ2) is 5.35. The second-order valence-electron chi connectivity index (χ2n) is 3.91. The van der Waals surface area contributed by atoms with E-state index in [9.17, 15) is 9.90 Å². The van der Waals surface area contributed by atoms with Crippen LogP contribution in [0, 0.1) is 11.3 Å². The third-order valence-electron chi connectivity index (χ3n) is 3.01. The largest absolute Gasteiger partial charge is 0.480 e. The number of benzene rings is 1. The van der Waals surface area contributed by atoms with E-state index in [1.54, 1.807) is 24.3 Å². The number of anilines is 1. The molecule has 2 N–H and O–H groups in total. The van der Waals surface area contributed by atoms with Crippen molar-refractivity contribution in [3.63, 3.8) is 0 Å². The van der Waals surface area contributed by atoms with Crippen LogP contribution in [-0.2, 0) is 4.79 Å². The summed E-state index contributed by atoms with van der Waals surface area (Å²) in [5, 5.41) is 21.0. The first-order valence-electron chi connectivity index (χ1n) is 5.59. The van der Waals surface area contributed by atoms with Gasteiger partial charge in [0, 0.05) is 5.69 Å². The van der Waals surface area contributed by atoms with Crippen LogP contribution < -0.4 is 5.32 Å². The Morgan fingerprint density at radius 1 is 1.35 bits per heavy atom. The minimum atomic E-state index is -0.936. The number of hydrogen-bond donors (Lipinski definition) is 2. The van der Waals surface area contributed by atoms with E-state index in [4.69, 9.17) is 5.26 Å². The molecule has 0 aromatic heterocycles. The number of carboxylic acids is 1. The molecule has 0 heterocycles. The van der Waals surface area contributed by atoms with Crippen molar-refractivity contribution in [1.29, 1.82) is 5.26 Å². The average molecular weight is 232 g/mol. The molecule has 0 atom stereocenters. The van der Waals surface area contributed by atoms with Crippen LogP contribution in [0.25, 0.3) is 0 Å². The highest BCUT2D eigenvalue weighted by Gasteiger charge is 2.34. The fraction of sp³-hybridized carbons (Fsp3) is 0.385. The van der Waals surface area contributed by atoms with E-state index in [1.165, 1.54) is 0 Å². The van der Waals surface area contributed by atoms with Gasteiger partial charge in [0.2, 0.25) is 0 Å². The zero-order chi connectivity index (χ0) is 12.9. The molecule has 4 nitrogen and oxygen atoms in total. The molecule has 0 saturated carbocycles. The number of hydrogen-bond acceptors (Lipinski definition) is 3. The van der Waals surface area contributed by atoms with Crippen molar-refractivity contribution in [2.45, 2.75) is 32.2 Å². The molecule has 1 rings (SSSR count). The lowest BCUT2D eigenvalue weighted by Crippen LogP contribution is -2.45. The van der Waals surface area contributed by atoms with Gasteiger partial charge in [0.15, 0.2) is 0 Å². The molecular formula is C13H16N2O2. The third kappa shape index (κ3) is 2.76. The third-order valence-corrected chi connectivity index (χ3v) is 3.01. The molecule has 0 amide bonds. The molecule has 0 radical (unpaired) electrons. The summed E-state index contributed by atoms with van der Waals surface area (Å²) < 4.78 is 0. The van der Waals surface area contributed by atoms with E-state index in [1.807, 2.05) is 19.9 Å².